The monoisotopic (exact) mass is 358 g/mol. The average molecular weight is 358 g/mol. The fourth-order valence-corrected chi connectivity index (χ4v) is 3.07. The number of phenolic OH excluding ortho intramolecular Hbond substituents is 1. The number of aryl methyl sites for hydroxylation is 2. The van der Waals surface area contributed by atoms with Gasteiger partial charge in [0.05, 0.1) is 20.2 Å². The van der Waals surface area contributed by atoms with Gasteiger partial charge in [0.2, 0.25) is 0 Å². The maximum atomic E-state index is 9.90. The molecule has 2 aromatic rings. The van der Waals surface area contributed by atoms with Crippen molar-refractivity contribution in [3.63, 3.8) is 0 Å². The van der Waals surface area contributed by atoms with E-state index in [2.05, 4.69) is 25.7 Å². The lowest BCUT2D eigenvalue weighted by Gasteiger charge is -2.25. The Morgan fingerprint density at radius 2 is 2.31 bits per heavy atom. The number of methoxy groups -OCH3 is 1. The van der Waals surface area contributed by atoms with Crippen LogP contribution in [0.4, 0.5) is 0 Å². The van der Waals surface area contributed by atoms with Crippen LogP contribution in [0.25, 0.3) is 0 Å². The number of hydrogen-bond acceptors (Lipinski definition) is 5. The fraction of sp³-hybridized carbons (Fsp3) is 0.500. The van der Waals surface area contributed by atoms with E-state index in [4.69, 9.17) is 4.74 Å². The molecule has 1 aromatic carbocycles. The van der Waals surface area contributed by atoms with Crippen LogP contribution in [0.2, 0.25) is 0 Å². The second-order valence-electron chi connectivity index (χ2n) is 6.34. The molecule has 0 radical (unpaired) electrons. The summed E-state index contributed by atoms with van der Waals surface area (Å²) in [5.74, 6) is 3.22. The molecule has 26 heavy (non-hydrogen) atoms. The van der Waals surface area contributed by atoms with Crippen molar-refractivity contribution in [2.24, 2.45) is 4.99 Å². The van der Waals surface area contributed by atoms with E-state index in [1.54, 1.807) is 12.1 Å². The molecule has 0 amide bonds. The highest BCUT2D eigenvalue weighted by molar-refractivity contribution is 5.80. The molecule has 140 valence electrons. The molecule has 1 aliphatic rings. The van der Waals surface area contributed by atoms with E-state index in [0.717, 1.165) is 49.1 Å². The predicted octanol–water partition coefficient (Wildman–Crippen LogP) is 1.37. The quantitative estimate of drug-likeness (QED) is 0.552. The highest BCUT2D eigenvalue weighted by Crippen LogP contribution is 2.26. The zero-order chi connectivity index (χ0) is 18.5. The summed E-state index contributed by atoms with van der Waals surface area (Å²) in [7, 11) is 1.53. The van der Waals surface area contributed by atoms with E-state index in [0.29, 0.717) is 12.3 Å². The first-order valence-electron chi connectivity index (χ1n) is 8.90. The first kappa shape index (κ1) is 18.0. The normalized spacial score (nSPS) is 16.9. The van der Waals surface area contributed by atoms with E-state index < -0.39 is 0 Å². The highest BCUT2D eigenvalue weighted by atomic mass is 16.5. The molecule has 1 aliphatic heterocycles. The molecule has 0 fully saturated rings. The minimum Gasteiger partial charge on any atom is -0.504 e. The van der Waals surface area contributed by atoms with E-state index >= 15 is 0 Å². The SMILES string of the molecule is CCNC(=NCc1ccc(OC)c(O)c1)NC1CCc2nc(C)nn2C1. The number of rotatable bonds is 5. The molecule has 1 unspecified atom stereocenters. The van der Waals surface area contributed by atoms with Gasteiger partial charge in [-0.25, -0.2) is 14.7 Å². The molecule has 0 saturated heterocycles. The summed E-state index contributed by atoms with van der Waals surface area (Å²) in [6.45, 7) is 5.98. The van der Waals surface area contributed by atoms with Crippen molar-refractivity contribution in [3.8, 4) is 11.5 Å². The molecule has 0 spiro atoms. The van der Waals surface area contributed by atoms with Gasteiger partial charge in [-0.3, -0.25) is 0 Å². The molecule has 0 bridgehead atoms. The first-order chi connectivity index (χ1) is 12.6. The Hall–Kier alpha value is -2.77. The molecule has 8 nitrogen and oxygen atoms in total. The number of nitrogens with one attached hydrogen (secondary N) is 2. The number of phenols is 1. The molecule has 0 saturated carbocycles. The van der Waals surface area contributed by atoms with Crippen molar-refractivity contribution in [2.45, 2.75) is 45.8 Å². The Morgan fingerprint density at radius 1 is 1.46 bits per heavy atom. The number of nitrogens with zero attached hydrogens (tertiary/aromatic N) is 4. The maximum Gasteiger partial charge on any atom is 0.191 e. The number of hydrogen-bond donors (Lipinski definition) is 3. The van der Waals surface area contributed by atoms with Crippen LogP contribution in [0.1, 0.15) is 30.6 Å². The van der Waals surface area contributed by atoms with Crippen LogP contribution in [0.15, 0.2) is 23.2 Å². The zero-order valence-electron chi connectivity index (χ0n) is 15.5. The number of aromatic hydroxyl groups is 1. The van der Waals surface area contributed by atoms with Gasteiger partial charge in [-0.2, -0.15) is 5.10 Å². The Morgan fingerprint density at radius 3 is 3.04 bits per heavy atom. The minimum atomic E-state index is 0.125. The molecular formula is C18H26N6O2. The lowest BCUT2D eigenvalue weighted by Crippen LogP contribution is -2.47. The van der Waals surface area contributed by atoms with E-state index in [-0.39, 0.29) is 11.8 Å². The van der Waals surface area contributed by atoms with Gasteiger partial charge in [0.1, 0.15) is 11.6 Å². The molecule has 8 heteroatoms. The predicted molar refractivity (Wildman–Crippen MR) is 99.5 cm³/mol. The molecule has 3 N–H and O–H groups in total. The third-order valence-corrected chi connectivity index (χ3v) is 4.31. The minimum absolute atomic E-state index is 0.125. The standard InChI is InChI=1S/C18H26N6O2/c1-4-19-18(20-10-13-5-7-16(26-3)15(25)9-13)22-14-6-8-17-21-12(2)23-24(17)11-14/h5,7,9,14,25H,4,6,8,10-11H2,1-3H3,(H2,19,20,22). The average Bonchev–Trinajstić information content (AvgIpc) is 2.99. The van der Waals surface area contributed by atoms with Crippen LogP contribution in [0.5, 0.6) is 11.5 Å². The lowest BCUT2D eigenvalue weighted by molar-refractivity contribution is 0.373. The summed E-state index contributed by atoms with van der Waals surface area (Å²) < 4.78 is 7.04. The number of ether oxygens (including phenoxy) is 1. The van der Waals surface area contributed by atoms with Crippen molar-refractivity contribution in [3.05, 3.63) is 35.4 Å². The second-order valence-corrected chi connectivity index (χ2v) is 6.34. The van der Waals surface area contributed by atoms with Crippen LogP contribution < -0.4 is 15.4 Å². The van der Waals surface area contributed by atoms with Crippen molar-refractivity contribution in [2.75, 3.05) is 13.7 Å². The number of aliphatic imine (C=N–C) groups is 1. The third kappa shape index (κ3) is 4.25. The van der Waals surface area contributed by atoms with Crippen molar-refractivity contribution in [1.29, 1.82) is 0 Å². The van der Waals surface area contributed by atoms with Crippen LogP contribution >= 0.6 is 0 Å². The largest absolute Gasteiger partial charge is 0.504 e. The van der Waals surface area contributed by atoms with Gasteiger partial charge in [0.25, 0.3) is 0 Å². The van der Waals surface area contributed by atoms with Crippen LogP contribution in [0, 0.1) is 6.92 Å². The zero-order valence-corrected chi connectivity index (χ0v) is 15.5. The smallest absolute Gasteiger partial charge is 0.191 e. The molecule has 1 atom stereocenters. The van der Waals surface area contributed by atoms with Gasteiger partial charge in [0.15, 0.2) is 17.5 Å². The van der Waals surface area contributed by atoms with Gasteiger partial charge in [-0.1, -0.05) is 6.07 Å². The van der Waals surface area contributed by atoms with Gasteiger partial charge >= 0.3 is 0 Å². The second kappa shape index (κ2) is 8.07. The molecule has 2 heterocycles. The van der Waals surface area contributed by atoms with Crippen molar-refractivity contribution in [1.82, 2.24) is 25.4 Å². The Kier molecular flexibility index (Phi) is 5.60. The van der Waals surface area contributed by atoms with E-state index in [1.807, 2.05) is 24.6 Å². The summed E-state index contributed by atoms with van der Waals surface area (Å²) in [6.07, 6.45) is 1.90. The lowest BCUT2D eigenvalue weighted by atomic mass is 10.1. The summed E-state index contributed by atoms with van der Waals surface area (Å²) in [5.41, 5.74) is 0.915. The highest BCUT2D eigenvalue weighted by Gasteiger charge is 2.21. The van der Waals surface area contributed by atoms with Crippen molar-refractivity contribution < 1.29 is 9.84 Å². The number of aromatic nitrogens is 3. The Labute approximate surface area is 153 Å². The fourth-order valence-electron chi connectivity index (χ4n) is 3.07. The van der Waals surface area contributed by atoms with Gasteiger partial charge in [-0.15, -0.1) is 0 Å². The summed E-state index contributed by atoms with van der Waals surface area (Å²) in [5, 5.41) is 21.1. The number of guanidine groups is 1. The maximum absolute atomic E-state index is 9.90. The molecule has 1 aromatic heterocycles. The number of benzene rings is 1. The van der Waals surface area contributed by atoms with Crippen molar-refractivity contribution >= 4 is 5.96 Å². The summed E-state index contributed by atoms with van der Waals surface area (Å²) in [4.78, 5) is 9.08. The Bertz CT molecular complexity index is 786. The van der Waals surface area contributed by atoms with E-state index in [1.165, 1.54) is 7.11 Å². The number of fused-ring (bicyclic) bond motifs is 1. The Balaban J connectivity index is 1.65. The molecule has 3 rings (SSSR count). The third-order valence-electron chi connectivity index (χ3n) is 4.31. The first-order valence-corrected chi connectivity index (χ1v) is 8.90. The van der Waals surface area contributed by atoms with Gasteiger partial charge in [-0.05, 0) is 38.0 Å². The van der Waals surface area contributed by atoms with Crippen LogP contribution in [0.3, 0.4) is 0 Å². The molecule has 0 aliphatic carbocycles. The van der Waals surface area contributed by atoms with Gasteiger partial charge < -0.3 is 20.5 Å². The summed E-state index contributed by atoms with van der Waals surface area (Å²) in [6, 6.07) is 5.58. The van der Waals surface area contributed by atoms with Crippen LogP contribution in [-0.4, -0.2) is 45.5 Å². The summed E-state index contributed by atoms with van der Waals surface area (Å²) >= 11 is 0. The van der Waals surface area contributed by atoms with Crippen LogP contribution in [-0.2, 0) is 19.5 Å². The topological polar surface area (TPSA) is 96.6 Å². The van der Waals surface area contributed by atoms with E-state index in [9.17, 15) is 5.11 Å². The molecular weight excluding hydrogens is 332 g/mol. The van der Waals surface area contributed by atoms with Gasteiger partial charge in [0, 0.05) is 19.0 Å².